The summed E-state index contributed by atoms with van der Waals surface area (Å²) in [7, 11) is 0. The Labute approximate surface area is 85.4 Å². The molecule has 4 heteroatoms. The third-order valence-corrected chi connectivity index (χ3v) is 2.43. The number of fused-ring (bicyclic) bond motifs is 3. The predicted octanol–water partition coefficient (Wildman–Crippen LogP) is 1.30. The minimum absolute atomic E-state index is 0.0499. The van der Waals surface area contributed by atoms with Crippen molar-refractivity contribution in [2.24, 2.45) is 0 Å². The van der Waals surface area contributed by atoms with Crippen molar-refractivity contribution in [2.45, 2.75) is 0 Å². The topological polar surface area (TPSA) is 51.3 Å². The van der Waals surface area contributed by atoms with Gasteiger partial charge in [-0.25, -0.2) is 0 Å². The standard InChI is InChI=1S/C11H9NO3/c13-8-3-4-12-7-1-2-9-11(10(7)8)15-6-5-14-9/h1-4H,5-6H2,(H,12,13). The van der Waals surface area contributed by atoms with E-state index in [2.05, 4.69) is 4.98 Å². The van der Waals surface area contributed by atoms with Gasteiger partial charge in [-0.15, -0.1) is 0 Å². The summed E-state index contributed by atoms with van der Waals surface area (Å²) < 4.78 is 10.9. The monoisotopic (exact) mass is 203 g/mol. The van der Waals surface area contributed by atoms with E-state index in [0.29, 0.717) is 30.1 Å². The first-order chi connectivity index (χ1) is 7.36. The lowest BCUT2D eigenvalue weighted by Crippen LogP contribution is -2.17. The van der Waals surface area contributed by atoms with E-state index in [1.54, 1.807) is 6.20 Å². The fourth-order valence-corrected chi connectivity index (χ4v) is 1.77. The van der Waals surface area contributed by atoms with Gasteiger partial charge in [-0.2, -0.15) is 0 Å². The second-order valence-electron chi connectivity index (χ2n) is 3.35. The lowest BCUT2D eigenvalue weighted by atomic mass is 10.1. The molecule has 0 fully saturated rings. The molecule has 0 saturated carbocycles. The van der Waals surface area contributed by atoms with E-state index in [-0.39, 0.29) is 5.43 Å². The molecule has 0 spiro atoms. The summed E-state index contributed by atoms with van der Waals surface area (Å²) in [4.78, 5) is 14.7. The van der Waals surface area contributed by atoms with Gasteiger partial charge in [0.15, 0.2) is 16.9 Å². The molecule has 1 aromatic heterocycles. The van der Waals surface area contributed by atoms with Crippen LogP contribution < -0.4 is 14.9 Å². The molecular weight excluding hydrogens is 194 g/mol. The van der Waals surface area contributed by atoms with Crippen molar-refractivity contribution in [3.05, 3.63) is 34.6 Å². The van der Waals surface area contributed by atoms with Gasteiger partial charge in [0.25, 0.3) is 0 Å². The molecule has 0 unspecified atom stereocenters. The third-order valence-electron chi connectivity index (χ3n) is 2.43. The Bertz CT molecular complexity index is 574. The van der Waals surface area contributed by atoms with Crippen LogP contribution in [-0.2, 0) is 0 Å². The Morgan fingerprint density at radius 3 is 2.93 bits per heavy atom. The fourth-order valence-electron chi connectivity index (χ4n) is 1.77. The number of ether oxygens (including phenoxy) is 2. The number of nitrogens with one attached hydrogen (secondary N) is 1. The van der Waals surface area contributed by atoms with Crippen LogP contribution in [0.5, 0.6) is 11.5 Å². The molecule has 0 bridgehead atoms. The van der Waals surface area contributed by atoms with E-state index in [4.69, 9.17) is 9.47 Å². The Kier molecular flexibility index (Phi) is 1.68. The summed E-state index contributed by atoms with van der Waals surface area (Å²) >= 11 is 0. The first-order valence-electron chi connectivity index (χ1n) is 4.76. The number of aromatic amines is 1. The van der Waals surface area contributed by atoms with Crippen molar-refractivity contribution in [3.8, 4) is 11.5 Å². The molecule has 0 amide bonds. The summed E-state index contributed by atoms with van der Waals surface area (Å²) in [5, 5.41) is 0.565. The average Bonchev–Trinajstić information content (AvgIpc) is 2.29. The highest BCUT2D eigenvalue weighted by atomic mass is 16.6. The van der Waals surface area contributed by atoms with Gasteiger partial charge in [-0.1, -0.05) is 0 Å². The smallest absolute Gasteiger partial charge is 0.193 e. The summed E-state index contributed by atoms with van der Waals surface area (Å²) in [6, 6.07) is 5.12. The van der Waals surface area contributed by atoms with E-state index in [1.165, 1.54) is 6.07 Å². The second kappa shape index (κ2) is 3.02. The van der Waals surface area contributed by atoms with Gasteiger partial charge < -0.3 is 14.5 Å². The zero-order valence-corrected chi connectivity index (χ0v) is 7.95. The third kappa shape index (κ3) is 1.18. The molecule has 0 radical (unpaired) electrons. The molecule has 1 aliphatic rings. The highest BCUT2D eigenvalue weighted by molar-refractivity contribution is 5.87. The molecule has 1 aromatic carbocycles. The van der Waals surface area contributed by atoms with E-state index in [9.17, 15) is 4.79 Å². The molecule has 1 aliphatic heterocycles. The van der Waals surface area contributed by atoms with E-state index in [0.717, 1.165) is 5.52 Å². The zero-order chi connectivity index (χ0) is 10.3. The second-order valence-corrected chi connectivity index (χ2v) is 3.35. The van der Waals surface area contributed by atoms with Crippen LogP contribution in [-0.4, -0.2) is 18.2 Å². The number of pyridine rings is 1. The van der Waals surface area contributed by atoms with Crippen molar-refractivity contribution in [1.82, 2.24) is 4.98 Å². The molecule has 4 nitrogen and oxygen atoms in total. The Balaban J connectivity index is 2.44. The Morgan fingerprint density at radius 1 is 1.13 bits per heavy atom. The minimum atomic E-state index is -0.0499. The number of hydrogen-bond acceptors (Lipinski definition) is 3. The molecule has 3 rings (SSSR count). The summed E-state index contributed by atoms with van der Waals surface area (Å²) in [6.45, 7) is 1.02. The number of H-pyrrole nitrogens is 1. The van der Waals surface area contributed by atoms with Crippen LogP contribution >= 0.6 is 0 Å². The Hall–Kier alpha value is -1.97. The van der Waals surface area contributed by atoms with Gasteiger partial charge in [0.05, 0.1) is 10.9 Å². The summed E-state index contributed by atoms with van der Waals surface area (Å²) in [5.74, 6) is 1.20. The lowest BCUT2D eigenvalue weighted by Gasteiger charge is -2.19. The van der Waals surface area contributed by atoms with Crippen LogP contribution in [0.2, 0.25) is 0 Å². The van der Waals surface area contributed by atoms with Gasteiger partial charge in [0, 0.05) is 12.3 Å². The van der Waals surface area contributed by atoms with Gasteiger partial charge in [-0.05, 0) is 12.1 Å². The predicted molar refractivity (Wildman–Crippen MR) is 55.6 cm³/mol. The molecule has 2 heterocycles. The molecular formula is C11H9NO3. The van der Waals surface area contributed by atoms with Crippen LogP contribution in [0.25, 0.3) is 10.9 Å². The van der Waals surface area contributed by atoms with E-state index >= 15 is 0 Å². The average molecular weight is 203 g/mol. The molecule has 0 aliphatic carbocycles. The lowest BCUT2D eigenvalue weighted by molar-refractivity contribution is 0.174. The normalized spacial score (nSPS) is 14.1. The van der Waals surface area contributed by atoms with E-state index in [1.807, 2.05) is 12.1 Å². The number of hydrogen-bond donors (Lipinski definition) is 1. The molecule has 2 aromatic rings. The van der Waals surface area contributed by atoms with Crippen LogP contribution in [0.1, 0.15) is 0 Å². The quantitative estimate of drug-likeness (QED) is 0.702. The maximum Gasteiger partial charge on any atom is 0.193 e. The summed E-state index contributed by atoms with van der Waals surface area (Å²) in [5.41, 5.74) is 0.720. The van der Waals surface area contributed by atoms with Crippen molar-refractivity contribution < 1.29 is 9.47 Å². The molecule has 76 valence electrons. The van der Waals surface area contributed by atoms with Gasteiger partial charge >= 0.3 is 0 Å². The highest BCUT2D eigenvalue weighted by Crippen LogP contribution is 2.34. The van der Waals surface area contributed by atoms with Crippen molar-refractivity contribution >= 4 is 10.9 Å². The van der Waals surface area contributed by atoms with Gasteiger partial charge in [-0.3, -0.25) is 4.79 Å². The number of rotatable bonds is 0. The van der Waals surface area contributed by atoms with Crippen molar-refractivity contribution in [2.75, 3.05) is 13.2 Å². The zero-order valence-electron chi connectivity index (χ0n) is 7.95. The van der Waals surface area contributed by atoms with Crippen LogP contribution in [0.3, 0.4) is 0 Å². The molecule has 1 N–H and O–H groups in total. The maximum absolute atomic E-state index is 11.7. The van der Waals surface area contributed by atoms with Crippen LogP contribution in [0, 0.1) is 0 Å². The van der Waals surface area contributed by atoms with Crippen LogP contribution in [0.15, 0.2) is 29.2 Å². The number of aromatic nitrogens is 1. The van der Waals surface area contributed by atoms with Gasteiger partial charge in [0.1, 0.15) is 13.2 Å². The SMILES string of the molecule is O=c1cc[nH]c2ccc3c(c12)OCCO3. The highest BCUT2D eigenvalue weighted by Gasteiger charge is 2.16. The van der Waals surface area contributed by atoms with Crippen molar-refractivity contribution in [1.29, 1.82) is 0 Å². The molecule has 15 heavy (non-hydrogen) atoms. The van der Waals surface area contributed by atoms with Crippen LogP contribution in [0.4, 0.5) is 0 Å². The van der Waals surface area contributed by atoms with Crippen molar-refractivity contribution in [3.63, 3.8) is 0 Å². The maximum atomic E-state index is 11.7. The molecule has 0 atom stereocenters. The summed E-state index contributed by atoms with van der Waals surface area (Å²) in [6.07, 6.45) is 1.63. The Morgan fingerprint density at radius 2 is 2.00 bits per heavy atom. The van der Waals surface area contributed by atoms with Gasteiger partial charge in [0.2, 0.25) is 0 Å². The largest absolute Gasteiger partial charge is 0.486 e. The molecule has 0 saturated heterocycles. The number of benzene rings is 1. The minimum Gasteiger partial charge on any atom is -0.486 e. The first-order valence-corrected chi connectivity index (χ1v) is 4.76. The fraction of sp³-hybridized carbons (Fsp3) is 0.182. The first kappa shape index (κ1) is 8.35. The van der Waals surface area contributed by atoms with E-state index < -0.39 is 0 Å².